The van der Waals surface area contributed by atoms with Crippen molar-refractivity contribution >= 4 is 37.3 Å². The molecule has 146 valence electrons. The summed E-state index contributed by atoms with van der Waals surface area (Å²) in [5, 5.41) is 5.20. The van der Waals surface area contributed by atoms with Crippen LogP contribution in [0.15, 0.2) is 36.0 Å². The lowest BCUT2D eigenvalue weighted by molar-refractivity contribution is -0.123. The van der Waals surface area contributed by atoms with Crippen molar-refractivity contribution in [2.24, 2.45) is 0 Å². The highest BCUT2D eigenvalue weighted by Gasteiger charge is 2.29. The highest BCUT2D eigenvalue weighted by Crippen LogP contribution is 2.37. The summed E-state index contributed by atoms with van der Waals surface area (Å²) in [6.07, 6.45) is 1.76. The molecule has 1 amide bonds. The first kappa shape index (κ1) is 18.8. The Morgan fingerprint density at radius 1 is 1.29 bits per heavy atom. The zero-order valence-corrected chi connectivity index (χ0v) is 16.2. The molecular formula is C18H16FN3O4S2. The number of benzene rings is 1. The number of halogens is 1. The molecule has 1 aromatic carbocycles. The standard InChI is InChI=1S/C18H16FN3O4S2/c19-12-3-1-11(2-4-12)14-8-27-18-16(14)17(20-10-21-18)26-7-15(23)22-13-5-6-28(24,25)9-13/h1-4,8,10,13H,5-7,9H2,(H,22,23)/t13-/m1/s1. The van der Waals surface area contributed by atoms with Crippen LogP contribution in [-0.4, -0.2) is 48.4 Å². The van der Waals surface area contributed by atoms with Crippen molar-refractivity contribution in [3.8, 4) is 17.0 Å². The summed E-state index contributed by atoms with van der Waals surface area (Å²) in [4.78, 5) is 21.2. The molecule has 0 bridgehead atoms. The molecule has 10 heteroatoms. The molecule has 3 aromatic rings. The smallest absolute Gasteiger partial charge is 0.258 e. The highest BCUT2D eigenvalue weighted by molar-refractivity contribution is 7.91. The van der Waals surface area contributed by atoms with E-state index >= 15 is 0 Å². The maximum atomic E-state index is 13.2. The number of ether oxygens (including phenoxy) is 1. The van der Waals surface area contributed by atoms with Crippen molar-refractivity contribution in [3.63, 3.8) is 0 Å². The van der Waals surface area contributed by atoms with E-state index < -0.39 is 15.7 Å². The lowest BCUT2D eigenvalue weighted by Gasteiger charge is -2.12. The van der Waals surface area contributed by atoms with E-state index in [2.05, 4.69) is 15.3 Å². The summed E-state index contributed by atoms with van der Waals surface area (Å²) in [7, 11) is -3.07. The molecule has 0 saturated carbocycles. The lowest BCUT2D eigenvalue weighted by atomic mass is 10.1. The number of carbonyl (C=O) groups is 1. The minimum atomic E-state index is -3.07. The number of fused-ring (bicyclic) bond motifs is 1. The Hall–Kier alpha value is -2.59. The summed E-state index contributed by atoms with van der Waals surface area (Å²) in [5.41, 5.74) is 1.57. The molecule has 7 nitrogen and oxygen atoms in total. The number of sulfone groups is 1. The van der Waals surface area contributed by atoms with Gasteiger partial charge in [0.15, 0.2) is 16.4 Å². The molecule has 0 radical (unpaired) electrons. The number of nitrogens with zero attached hydrogens (tertiary/aromatic N) is 2. The highest BCUT2D eigenvalue weighted by atomic mass is 32.2. The third-order valence-electron chi connectivity index (χ3n) is 4.43. The lowest BCUT2D eigenvalue weighted by Crippen LogP contribution is -2.38. The predicted octanol–water partition coefficient (Wildman–Crippen LogP) is 2.18. The van der Waals surface area contributed by atoms with Gasteiger partial charge >= 0.3 is 0 Å². The summed E-state index contributed by atoms with van der Waals surface area (Å²) in [5.74, 6) is -0.453. The van der Waals surface area contributed by atoms with Crippen LogP contribution in [0.2, 0.25) is 0 Å². The number of hydrogen-bond donors (Lipinski definition) is 1. The summed E-state index contributed by atoms with van der Waals surface area (Å²) < 4.78 is 41.8. The number of amides is 1. The Labute approximate surface area is 164 Å². The Kier molecular flexibility index (Phi) is 4.98. The van der Waals surface area contributed by atoms with Gasteiger partial charge in [-0.15, -0.1) is 11.3 Å². The fourth-order valence-electron chi connectivity index (χ4n) is 3.11. The average Bonchev–Trinajstić information content (AvgIpc) is 3.24. The topological polar surface area (TPSA) is 98.2 Å². The predicted molar refractivity (Wildman–Crippen MR) is 104 cm³/mol. The summed E-state index contributed by atoms with van der Waals surface area (Å²) in [6.45, 7) is -0.290. The van der Waals surface area contributed by atoms with Gasteiger partial charge in [0.2, 0.25) is 5.88 Å². The number of hydrogen-bond acceptors (Lipinski definition) is 7. The van der Waals surface area contributed by atoms with Gasteiger partial charge in [0, 0.05) is 17.0 Å². The minimum absolute atomic E-state index is 0.0459. The van der Waals surface area contributed by atoms with Crippen LogP contribution < -0.4 is 10.1 Å². The van der Waals surface area contributed by atoms with E-state index in [1.807, 2.05) is 5.38 Å². The molecule has 0 unspecified atom stereocenters. The second-order valence-electron chi connectivity index (χ2n) is 6.47. The van der Waals surface area contributed by atoms with Crippen molar-refractivity contribution < 1.29 is 22.3 Å². The van der Waals surface area contributed by atoms with Gasteiger partial charge in [0.1, 0.15) is 17.0 Å². The van der Waals surface area contributed by atoms with Crippen LogP contribution >= 0.6 is 11.3 Å². The number of nitrogens with one attached hydrogen (secondary N) is 1. The first-order valence-electron chi connectivity index (χ1n) is 8.52. The van der Waals surface area contributed by atoms with E-state index in [1.54, 1.807) is 12.1 Å². The van der Waals surface area contributed by atoms with Crippen LogP contribution in [0.4, 0.5) is 4.39 Å². The van der Waals surface area contributed by atoms with Gasteiger partial charge in [-0.25, -0.2) is 22.8 Å². The van der Waals surface area contributed by atoms with E-state index in [0.717, 1.165) is 11.1 Å². The molecule has 1 N–H and O–H groups in total. The number of aromatic nitrogens is 2. The summed E-state index contributed by atoms with van der Waals surface area (Å²) >= 11 is 1.40. The molecule has 0 spiro atoms. The fraction of sp³-hybridized carbons (Fsp3) is 0.278. The molecule has 0 aliphatic carbocycles. The molecule has 3 heterocycles. The van der Waals surface area contributed by atoms with Gasteiger partial charge in [-0.1, -0.05) is 12.1 Å². The Morgan fingerprint density at radius 3 is 2.79 bits per heavy atom. The number of rotatable bonds is 5. The van der Waals surface area contributed by atoms with Crippen LogP contribution in [0.3, 0.4) is 0 Å². The van der Waals surface area contributed by atoms with E-state index in [0.29, 0.717) is 16.6 Å². The van der Waals surface area contributed by atoms with Crippen molar-refractivity contribution in [1.82, 2.24) is 15.3 Å². The maximum absolute atomic E-state index is 13.2. The zero-order valence-electron chi connectivity index (χ0n) is 14.6. The first-order chi connectivity index (χ1) is 13.4. The van der Waals surface area contributed by atoms with E-state index in [1.165, 1.54) is 29.8 Å². The largest absolute Gasteiger partial charge is 0.467 e. The van der Waals surface area contributed by atoms with Gasteiger partial charge in [-0.2, -0.15) is 0 Å². The molecule has 1 fully saturated rings. The molecule has 4 rings (SSSR count). The van der Waals surface area contributed by atoms with E-state index in [9.17, 15) is 17.6 Å². The second-order valence-corrected chi connectivity index (χ2v) is 9.56. The second kappa shape index (κ2) is 7.44. The van der Waals surface area contributed by atoms with Crippen molar-refractivity contribution in [2.75, 3.05) is 18.1 Å². The molecule has 2 aromatic heterocycles. The third-order valence-corrected chi connectivity index (χ3v) is 7.08. The number of thiophene rings is 1. The average molecular weight is 421 g/mol. The Morgan fingerprint density at radius 2 is 2.07 bits per heavy atom. The van der Waals surface area contributed by atoms with Gasteiger partial charge in [-0.3, -0.25) is 4.79 Å². The van der Waals surface area contributed by atoms with Crippen molar-refractivity contribution in [2.45, 2.75) is 12.5 Å². The van der Waals surface area contributed by atoms with Crippen LogP contribution in [0.5, 0.6) is 5.88 Å². The molecule has 1 aliphatic rings. The third kappa shape index (κ3) is 3.97. The normalized spacial score (nSPS) is 18.2. The monoisotopic (exact) mass is 421 g/mol. The molecular weight excluding hydrogens is 405 g/mol. The summed E-state index contributed by atoms with van der Waals surface area (Å²) in [6, 6.07) is 5.66. The van der Waals surface area contributed by atoms with Gasteiger partial charge in [0.25, 0.3) is 5.91 Å². The SMILES string of the molecule is O=C(COc1ncnc2scc(-c3ccc(F)cc3)c12)N[C@@H]1CCS(=O)(=O)C1. The zero-order chi connectivity index (χ0) is 19.7. The van der Waals surface area contributed by atoms with Gasteiger partial charge in [0.05, 0.1) is 16.9 Å². The van der Waals surface area contributed by atoms with Gasteiger partial charge < -0.3 is 10.1 Å². The number of carbonyl (C=O) groups excluding carboxylic acids is 1. The van der Waals surface area contributed by atoms with Crippen LogP contribution in [-0.2, 0) is 14.6 Å². The molecule has 1 aliphatic heterocycles. The van der Waals surface area contributed by atoms with E-state index in [-0.39, 0.29) is 35.9 Å². The first-order valence-corrected chi connectivity index (χ1v) is 11.2. The Bertz CT molecular complexity index is 1130. The van der Waals surface area contributed by atoms with Crippen LogP contribution in [0.25, 0.3) is 21.3 Å². The minimum Gasteiger partial charge on any atom is -0.467 e. The van der Waals surface area contributed by atoms with E-state index in [4.69, 9.17) is 4.74 Å². The van der Waals surface area contributed by atoms with Crippen LogP contribution in [0, 0.1) is 5.82 Å². The van der Waals surface area contributed by atoms with Crippen LogP contribution in [0.1, 0.15) is 6.42 Å². The fourth-order valence-corrected chi connectivity index (χ4v) is 5.69. The van der Waals surface area contributed by atoms with Gasteiger partial charge in [-0.05, 0) is 24.1 Å². The van der Waals surface area contributed by atoms with Crippen molar-refractivity contribution in [1.29, 1.82) is 0 Å². The van der Waals surface area contributed by atoms with Crippen molar-refractivity contribution in [3.05, 3.63) is 41.8 Å². The maximum Gasteiger partial charge on any atom is 0.258 e. The molecule has 1 saturated heterocycles. The Balaban J connectivity index is 1.52. The molecule has 28 heavy (non-hydrogen) atoms. The quantitative estimate of drug-likeness (QED) is 0.678. The molecule has 1 atom stereocenters.